The summed E-state index contributed by atoms with van der Waals surface area (Å²) in [6.07, 6.45) is -5.01. The van der Waals surface area contributed by atoms with Crippen molar-refractivity contribution in [1.82, 2.24) is 0 Å². The van der Waals surface area contributed by atoms with Crippen LogP contribution in [0.1, 0.15) is 25.3 Å². The topological polar surface area (TPSA) is 94.6 Å². The first-order valence-corrected chi connectivity index (χ1v) is 7.59. The molecule has 144 valence electrons. The van der Waals surface area contributed by atoms with Gasteiger partial charge in [-0.2, -0.15) is 5.26 Å². The number of alkyl halides is 3. The second-order valence-electron chi connectivity index (χ2n) is 5.35. The SMILES string of the molecule is CCOC(=O)C1=C(C)OC(N)=C(C#N)C1c1cc(OC(F)(F)F)ccc1F. The third-order valence-electron chi connectivity index (χ3n) is 3.61. The Morgan fingerprint density at radius 3 is 2.63 bits per heavy atom. The predicted molar refractivity (Wildman–Crippen MR) is 83.1 cm³/mol. The van der Waals surface area contributed by atoms with Crippen molar-refractivity contribution in [2.75, 3.05) is 6.61 Å². The zero-order valence-electron chi connectivity index (χ0n) is 14.2. The molecule has 0 bridgehead atoms. The zero-order valence-corrected chi connectivity index (χ0v) is 14.2. The number of esters is 1. The fraction of sp³-hybridized carbons (Fsp3) is 0.294. The van der Waals surface area contributed by atoms with E-state index in [1.54, 1.807) is 6.07 Å². The van der Waals surface area contributed by atoms with Crippen LogP contribution in [0, 0.1) is 17.1 Å². The molecule has 0 aliphatic carbocycles. The van der Waals surface area contributed by atoms with Gasteiger partial charge in [0.25, 0.3) is 0 Å². The van der Waals surface area contributed by atoms with E-state index in [1.165, 1.54) is 13.8 Å². The summed E-state index contributed by atoms with van der Waals surface area (Å²) in [6.45, 7) is 2.84. The molecule has 1 unspecified atom stereocenters. The molecule has 0 fully saturated rings. The van der Waals surface area contributed by atoms with Crippen molar-refractivity contribution in [3.8, 4) is 11.8 Å². The summed E-state index contributed by atoms with van der Waals surface area (Å²) >= 11 is 0. The molecule has 0 saturated heterocycles. The monoisotopic (exact) mass is 386 g/mol. The van der Waals surface area contributed by atoms with Crippen LogP contribution in [0.25, 0.3) is 0 Å². The third-order valence-corrected chi connectivity index (χ3v) is 3.61. The summed E-state index contributed by atoms with van der Waals surface area (Å²) in [7, 11) is 0. The van der Waals surface area contributed by atoms with Gasteiger partial charge < -0.3 is 19.9 Å². The Hall–Kier alpha value is -3.22. The van der Waals surface area contributed by atoms with Crippen LogP contribution in [0.5, 0.6) is 5.75 Å². The number of allylic oxidation sites excluding steroid dienone is 2. The summed E-state index contributed by atoms with van der Waals surface area (Å²) in [5.74, 6) is -4.47. The smallest absolute Gasteiger partial charge is 0.463 e. The van der Waals surface area contributed by atoms with E-state index in [0.717, 1.165) is 18.2 Å². The first-order chi connectivity index (χ1) is 12.6. The summed E-state index contributed by atoms with van der Waals surface area (Å²) in [4.78, 5) is 12.3. The van der Waals surface area contributed by atoms with Crippen LogP contribution >= 0.6 is 0 Å². The molecule has 2 rings (SSSR count). The van der Waals surface area contributed by atoms with Gasteiger partial charge in [0.2, 0.25) is 5.88 Å². The van der Waals surface area contributed by atoms with Gasteiger partial charge in [-0.25, -0.2) is 9.18 Å². The van der Waals surface area contributed by atoms with Gasteiger partial charge in [0.15, 0.2) is 0 Å². The van der Waals surface area contributed by atoms with Crippen molar-refractivity contribution in [3.63, 3.8) is 0 Å². The Kier molecular flexibility index (Phi) is 5.64. The molecule has 6 nitrogen and oxygen atoms in total. The van der Waals surface area contributed by atoms with E-state index in [0.29, 0.717) is 0 Å². The Morgan fingerprint density at radius 1 is 1.41 bits per heavy atom. The summed E-state index contributed by atoms with van der Waals surface area (Å²) in [6, 6.07) is 3.95. The van der Waals surface area contributed by atoms with Gasteiger partial charge in [-0.1, -0.05) is 0 Å². The number of carbonyl (C=O) groups excluding carboxylic acids is 1. The second-order valence-corrected chi connectivity index (χ2v) is 5.35. The van der Waals surface area contributed by atoms with E-state index in [-0.39, 0.29) is 23.5 Å². The van der Waals surface area contributed by atoms with Crippen LogP contribution in [-0.4, -0.2) is 18.9 Å². The Labute approximate surface area is 151 Å². The van der Waals surface area contributed by atoms with Gasteiger partial charge in [-0.05, 0) is 32.0 Å². The maximum atomic E-state index is 14.4. The van der Waals surface area contributed by atoms with Crippen molar-refractivity contribution in [3.05, 3.63) is 52.4 Å². The lowest BCUT2D eigenvalue weighted by molar-refractivity contribution is -0.274. The number of carbonyl (C=O) groups is 1. The van der Waals surface area contributed by atoms with E-state index in [1.807, 2.05) is 0 Å². The average Bonchev–Trinajstić information content (AvgIpc) is 2.55. The first kappa shape index (κ1) is 20.1. The molecule has 0 amide bonds. The van der Waals surface area contributed by atoms with Crippen LogP contribution in [0.4, 0.5) is 17.6 Å². The lowest BCUT2D eigenvalue weighted by Gasteiger charge is -2.27. The molecule has 0 radical (unpaired) electrons. The molecule has 10 heteroatoms. The van der Waals surface area contributed by atoms with Gasteiger partial charge in [-0.3, -0.25) is 0 Å². The minimum absolute atomic E-state index is 0.0247. The van der Waals surface area contributed by atoms with Crippen molar-refractivity contribution in [1.29, 1.82) is 5.26 Å². The van der Waals surface area contributed by atoms with Gasteiger partial charge >= 0.3 is 12.3 Å². The summed E-state index contributed by atoms with van der Waals surface area (Å²) in [5.41, 5.74) is 4.65. The van der Waals surface area contributed by atoms with Crippen molar-refractivity contribution in [2.24, 2.45) is 5.73 Å². The largest absolute Gasteiger partial charge is 0.573 e. The Morgan fingerprint density at radius 2 is 2.07 bits per heavy atom. The number of nitrogens with two attached hydrogens (primary N) is 1. The van der Waals surface area contributed by atoms with Crippen LogP contribution in [0.15, 0.2) is 41.0 Å². The highest BCUT2D eigenvalue weighted by Gasteiger charge is 2.38. The fourth-order valence-electron chi connectivity index (χ4n) is 2.61. The molecule has 1 aromatic carbocycles. The fourth-order valence-corrected chi connectivity index (χ4v) is 2.61. The molecule has 1 aliphatic rings. The molecular formula is C17H14F4N2O4. The number of hydrogen-bond acceptors (Lipinski definition) is 6. The lowest BCUT2D eigenvalue weighted by atomic mass is 9.82. The standard InChI is InChI=1S/C17H14F4N2O4/c1-3-25-16(24)13-8(2)26-15(23)11(7-22)14(13)10-6-9(4-5-12(10)18)27-17(19,20)21/h4-6,14H,3,23H2,1-2H3. The van der Waals surface area contributed by atoms with Gasteiger partial charge in [-0.15, -0.1) is 13.2 Å². The van der Waals surface area contributed by atoms with Gasteiger partial charge in [0.05, 0.1) is 18.1 Å². The minimum atomic E-state index is -5.01. The summed E-state index contributed by atoms with van der Waals surface area (Å²) in [5, 5.41) is 9.38. The van der Waals surface area contributed by atoms with E-state index >= 15 is 0 Å². The Bertz CT molecular complexity index is 869. The highest BCUT2D eigenvalue weighted by atomic mass is 19.4. The molecule has 1 atom stereocenters. The molecule has 1 aromatic rings. The van der Waals surface area contributed by atoms with Crippen LogP contribution in [0.2, 0.25) is 0 Å². The maximum absolute atomic E-state index is 14.4. The second kappa shape index (κ2) is 7.57. The van der Waals surface area contributed by atoms with Crippen molar-refractivity contribution >= 4 is 5.97 Å². The van der Waals surface area contributed by atoms with E-state index in [2.05, 4.69) is 4.74 Å². The number of ether oxygens (including phenoxy) is 3. The number of halogens is 4. The molecule has 1 aliphatic heterocycles. The molecule has 27 heavy (non-hydrogen) atoms. The van der Waals surface area contributed by atoms with E-state index < -0.39 is 41.3 Å². The number of benzene rings is 1. The molecule has 0 aromatic heterocycles. The number of hydrogen-bond donors (Lipinski definition) is 1. The van der Waals surface area contributed by atoms with E-state index in [9.17, 15) is 27.6 Å². The maximum Gasteiger partial charge on any atom is 0.573 e. The van der Waals surface area contributed by atoms with Crippen molar-refractivity contribution in [2.45, 2.75) is 26.1 Å². The quantitative estimate of drug-likeness (QED) is 0.630. The molecule has 1 heterocycles. The number of nitrogens with zero attached hydrogens (tertiary/aromatic N) is 1. The predicted octanol–water partition coefficient (Wildman–Crippen LogP) is 3.37. The highest BCUT2D eigenvalue weighted by Crippen LogP contribution is 2.41. The number of rotatable bonds is 4. The molecule has 0 spiro atoms. The van der Waals surface area contributed by atoms with Gasteiger partial charge in [0.1, 0.15) is 29.0 Å². The molecular weight excluding hydrogens is 372 g/mol. The van der Waals surface area contributed by atoms with Crippen molar-refractivity contribution < 1.29 is 36.6 Å². The number of nitriles is 1. The van der Waals surface area contributed by atoms with Crippen LogP contribution in [-0.2, 0) is 14.3 Å². The first-order valence-electron chi connectivity index (χ1n) is 7.59. The zero-order chi connectivity index (χ0) is 20.4. The third kappa shape index (κ3) is 4.31. The highest BCUT2D eigenvalue weighted by molar-refractivity contribution is 5.92. The Balaban J connectivity index is 2.66. The lowest BCUT2D eigenvalue weighted by Crippen LogP contribution is -2.26. The molecule has 2 N–H and O–H groups in total. The van der Waals surface area contributed by atoms with Gasteiger partial charge in [0, 0.05) is 5.56 Å². The molecule has 0 saturated carbocycles. The van der Waals surface area contributed by atoms with E-state index in [4.69, 9.17) is 15.2 Å². The average molecular weight is 386 g/mol. The summed E-state index contributed by atoms with van der Waals surface area (Å²) < 4.78 is 65.8. The normalized spacial score (nSPS) is 17.3. The van der Waals surface area contributed by atoms with Crippen LogP contribution in [0.3, 0.4) is 0 Å². The van der Waals surface area contributed by atoms with Crippen LogP contribution < -0.4 is 10.5 Å². The minimum Gasteiger partial charge on any atom is -0.463 e.